The average molecular weight is 310 g/mol. The number of rotatable bonds is 3. The lowest BCUT2D eigenvalue weighted by atomic mass is 10.1. The monoisotopic (exact) mass is 310 g/mol. The van der Waals surface area contributed by atoms with E-state index in [1.807, 2.05) is 17.0 Å². The van der Waals surface area contributed by atoms with E-state index in [-0.39, 0.29) is 18.3 Å². The first-order chi connectivity index (χ1) is 9.97. The second-order valence-corrected chi connectivity index (χ2v) is 7.54. The highest BCUT2D eigenvalue weighted by Gasteiger charge is 2.38. The van der Waals surface area contributed by atoms with E-state index in [1.165, 1.54) is 0 Å². The maximum Gasteiger partial charge on any atom is 0.317 e. The predicted molar refractivity (Wildman–Crippen MR) is 76.9 cm³/mol. The van der Waals surface area contributed by atoms with Gasteiger partial charge in [0.1, 0.15) is 0 Å². The number of carbonyl (C=O) groups is 1. The second-order valence-electron chi connectivity index (χ2n) is 5.54. The Bertz CT molecular complexity index is 651. The number of carboxylic acids is 1. The molecule has 0 spiro atoms. The van der Waals surface area contributed by atoms with Crippen molar-refractivity contribution in [2.75, 3.05) is 38.5 Å². The van der Waals surface area contributed by atoms with Crippen molar-refractivity contribution >= 4 is 15.8 Å². The van der Waals surface area contributed by atoms with Crippen LogP contribution in [0.2, 0.25) is 0 Å². The number of hydrogen-bond donors (Lipinski definition) is 1. The normalized spacial score (nSPS) is 25.6. The van der Waals surface area contributed by atoms with Crippen molar-refractivity contribution in [1.82, 2.24) is 9.80 Å². The lowest BCUT2D eigenvalue weighted by molar-refractivity contribution is -0.138. The molecule has 1 N–H and O–H groups in total. The highest BCUT2D eigenvalue weighted by Crippen LogP contribution is 2.37. The van der Waals surface area contributed by atoms with Crippen LogP contribution in [0.15, 0.2) is 29.2 Å². The summed E-state index contributed by atoms with van der Waals surface area (Å²) in [6, 6.07) is 7.08. The zero-order valence-corrected chi connectivity index (χ0v) is 12.4. The summed E-state index contributed by atoms with van der Waals surface area (Å²) in [4.78, 5) is 15.2. The molecule has 1 fully saturated rings. The van der Waals surface area contributed by atoms with Crippen molar-refractivity contribution in [3.63, 3.8) is 0 Å². The number of sulfone groups is 1. The van der Waals surface area contributed by atoms with Crippen LogP contribution in [-0.4, -0.2) is 67.8 Å². The van der Waals surface area contributed by atoms with Crippen molar-refractivity contribution < 1.29 is 18.3 Å². The van der Waals surface area contributed by atoms with Gasteiger partial charge in [-0.15, -0.1) is 0 Å². The van der Waals surface area contributed by atoms with Gasteiger partial charge in [0.2, 0.25) is 0 Å². The fourth-order valence-corrected chi connectivity index (χ4v) is 4.99. The van der Waals surface area contributed by atoms with Crippen molar-refractivity contribution in [2.45, 2.75) is 10.9 Å². The van der Waals surface area contributed by atoms with Crippen LogP contribution in [0.1, 0.15) is 11.6 Å². The molecule has 3 rings (SSSR count). The second kappa shape index (κ2) is 5.40. The Kier molecular flexibility index (Phi) is 3.73. The molecule has 0 bridgehead atoms. The molecule has 0 aromatic heterocycles. The van der Waals surface area contributed by atoms with Gasteiger partial charge in [0.15, 0.2) is 9.84 Å². The zero-order valence-electron chi connectivity index (χ0n) is 11.6. The molecule has 21 heavy (non-hydrogen) atoms. The Morgan fingerprint density at radius 1 is 1.19 bits per heavy atom. The minimum Gasteiger partial charge on any atom is -0.480 e. The van der Waals surface area contributed by atoms with Crippen molar-refractivity contribution in [1.29, 1.82) is 0 Å². The van der Waals surface area contributed by atoms with Crippen LogP contribution < -0.4 is 0 Å². The van der Waals surface area contributed by atoms with Crippen LogP contribution >= 0.6 is 0 Å². The number of aliphatic carboxylic acids is 1. The summed E-state index contributed by atoms with van der Waals surface area (Å²) in [6.45, 7) is 2.76. The molecule has 2 aliphatic rings. The van der Waals surface area contributed by atoms with E-state index in [1.54, 1.807) is 12.1 Å². The lowest BCUT2D eigenvalue weighted by Gasteiger charge is -2.37. The van der Waals surface area contributed by atoms with E-state index in [2.05, 4.69) is 4.90 Å². The van der Waals surface area contributed by atoms with Crippen LogP contribution in [0.4, 0.5) is 0 Å². The molecule has 1 atom stereocenters. The number of fused-ring (bicyclic) bond motifs is 1. The van der Waals surface area contributed by atoms with E-state index >= 15 is 0 Å². The molecule has 0 amide bonds. The van der Waals surface area contributed by atoms with Gasteiger partial charge in [0, 0.05) is 26.2 Å². The third-order valence-electron chi connectivity index (χ3n) is 4.20. The first-order valence-corrected chi connectivity index (χ1v) is 8.62. The number of piperazine rings is 1. The van der Waals surface area contributed by atoms with Gasteiger partial charge in [-0.25, -0.2) is 8.42 Å². The Morgan fingerprint density at radius 2 is 1.86 bits per heavy atom. The molecule has 2 aliphatic heterocycles. The van der Waals surface area contributed by atoms with E-state index in [0.717, 1.165) is 5.56 Å². The summed E-state index contributed by atoms with van der Waals surface area (Å²) < 4.78 is 24.4. The summed E-state index contributed by atoms with van der Waals surface area (Å²) in [6.07, 6.45) is 0. The van der Waals surface area contributed by atoms with Gasteiger partial charge in [-0.05, 0) is 11.6 Å². The van der Waals surface area contributed by atoms with Crippen LogP contribution in [0.3, 0.4) is 0 Å². The minimum atomic E-state index is -3.19. The fraction of sp³-hybridized carbons (Fsp3) is 0.500. The van der Waals surface area contributed by atoms with E-state index in [4.69, 9.17) is 5.11 Å². The molecule has 1 aromatic carbocycles. The number of benzene rings is 1. The van der Waals surface area contributed by atoms with Gasteiger partial charge < -0.3 is 5.11 Å². The van der Waals surface area contributed by atoms with Crippen LogP contribution in [-0.2, 0) is 14.6 Å². The van der Waals surface area contributed by atoms with E-state index in [0.29, 0.717) is 31.1 Å². The van der Waals surface area contributed by atoms with Gasteiger partial charge in [-0.1, -0.05) is 18.2 Å². The maximum absolute atomic E-state index is 12.2. The molecule has 2 heterocycles. The smallest absolute Gasteiger partial charge is 0.317 e. The summed E-state index contributed by atoms with van der Waals surface area (Å²) in [7, 11) is -3.19. The Labute approximate surface area is 123 Å². The Morgan fingerprint density at radius 3 is 2.52 bits per heavy atom. The summed E-state index contributed by atoms with van der Waals surface area (Å²) in [5.74, 6) is -0.692. The molecule has 0 aliphatic carbocycles. The van der Waals surface area contributed by atoms with E-state index < -0.39 is 15.8 Å². The molecule has 1 aromatic rings. The first-order valence-electron chi connectivity index (χ1n) is 6.97. The summed E-state index contributed by atoms with van der Waals surface area (Å²) >= 11 is 0. The lowest BCUT2D eigenvalue weighted by Crippen LogP contribution is -2.49. The van der Waals surface area contributed by atoms with Crippen LogP contribution in [0, 0.1) is 0 Å². The standard InChI is InChI=1S/C14H18N2O4S/c17-14(18)9-15-5-7-16(8-6-15)12-10-21(19,20)13-4-2-1-3-11(12)13/h1-4,12H,5-10H2,(H,17,18). The number of hydrogen-bond acceptors (Lipinski definition) is 5. The maximum atomic E-state index is 12.2. The largest absolute Gasteiger partial charge is 0.480 e. The third kappa shape index (κ3) is 2.81. The molecule has 0 saturated carbocycles. The zero-order chi connectivity index (χ0) is 15.0. The molecule has 0 radical (unpaired) electrons. The van der Waals surface area contributed by atoms with Crippen molar-refractivity contribution in [2.24, 2.45) is 0 Å². The van der Waals surface area contributed by atoms with Crippen molar-refractivity contribution in [3.05, 3.63) is 29.8 Å². The molecule has 114 valence electrons. The Hall–Kier alpha value is -1.44. The van der Waals surface area contributed by atoms with Gasteiger partial charge in [-0.3, -0.25) is 14.6 Å². The SMILES string of the molecule is O=C(O)CN1CCN(C2CS(=O)(=O)c3ccccc32)CC1. The quantitative estimate of drug-likeness (QED) is 0.860. The van der Waals surface area contributed by atoms with E-state index in [9.17, 15) is 13.2 Å². The van der Waals surface area contributed by atoms with Gasteiger partial charge in [0.05, 0.1) is 23.2 Å². The van der Waals surface area contributed by atoms with Crippen molar-refractivity contribution in [3.8, 4) is 0 Å². The molecule has 6 nitrogen and oxygen atoms in total. The summed E-state index contributed by atoms with van der Waals surface area (Å²) in [5.41, 5.74) is 0.879. The first kappa shape index (κ1) is 14.5. The molecule has 1 saturated heterocycles. The Balaban J connectivity index is 1.74. The topological polar surface area (TPSA) is 77.9 Å². The highest BCUT2D eigenvalue weighted by atomic mass is 32.2. The summed E-state index contributed by atoms with van der Waals surface area (Å²) in [5, 5.41) is 8.81. The van der Waals surface area contributed by atoms with Gasteiger partial charge in [0.25, 0.3) is 0 Å². The molecule has 7 heteroatoms. The van der Waals surface area contributed by atoms with Crippen LogP contribution in [0.5, 0.6) is 0 Å². The average Bonchev–Trinajstić information content (AvgIpc) is 2.72. The minimum absolute atomic E-state index is 0.0490. The number of carboxylic acid groups (broad SMARTS) is 1. The molecule has 1 unspecified atom stereocenters. The third-order valence-corrected chi connectivity index (χ3v) is 5.99. The highest BCUT2D eigenvalue weighted by molar-refractivity contribution is 7.91. The number of nitrogens with zero attached hydrogens (tertiary/aromatic N) is 2. The van der Waals surface area contributed by atoms with Crippen LogP contribution in [0.25, 0.3) is 0 Å². The molecular formula is C14H18N2O4S. The fourth-order valence-electron chi connectivity index (χ4n) is 3.15. The van der Waals surface area contributed by atoms with Gasteiger partial charge >= 0.3 is 5.97 Å². The molecular weight excluding hydrogens is 292 g/mol. The predicted octanol–water partition coefficient (Wildman–Crippen LogP) is 0.217. The van der Waals surface area contributed by atoms with Gasteiger partial charge in [-0.2, -0.15) is 0 Å².